The summed E-state index contributed by atoms with van der Waals surface area (Å²) in [4.78, 5) is 12.6. The van der Waals surface area contributed by atoms with Gasteiger partial charge in [-0.25, -0.2) is 0 Å². The highest BCUT2D eigenvalue weighted by Gasteiger charge is 2.18. The van der Waals surface area contributed by atoms with E-state index in [0.29, 0.717) is 30.2 Å². The highest BCUT2D eigenvalue weighted by Crippen LogP contribution is 2.22. The molecule has 0 aliphatic heterocycles. The van der Waals surface area contributed by atoms with Gasteiger partial charge < -0.3 is 19.5 Å². The fraction of sp³-hybridized carbons (Fsp3) is 0.208. The normalized spacial score (nSPS) is 11.4. The minimum absolute atomic E-state index is 0.201. The first kappa shape index (κ1) is 20.3. The van der Waals surface area contributed by atoms with Gasteiger partial charge in [0.1, 0.15) is 23.9 Å². The number of hydrogen-bond donors (Lipinski definition) is 1. The minimum atomic E-state index is -0.601. The molecule has 0 heterocycles. The van der Waals surface area contributed by atoms with Crippen LogP contribution in [-0.4, -0.2) is 19.1 Å². The second-order valence-electron chi connectivity index (χ2n) is 6.48. The third kappa shape index (κ3) is 6.01. The number of amides is 1. The fourth-order valence-electron chi connectivity index (χ4n) is 2.76. The van der Waals surface area contributed by atoms with Crippen LogP contribution in [0.5, 0.6) is 17.2 Å². The molecule has 0 bridgehead atoms. The van der Waals surface area contributed by atoms with Crippen LogP contribution in [0, 0.1) is 0 Å². The molecule has 0 saturated heterocycles. The standard InChI is InChI=1S/C24H25NO4/c1-3-23(29-22-11-7-10-21(16-22)27-2)24(26)25-19-12-14-20(15-13-19)28-17-18-8-5-4-6-9-18/h4-16,23H,3,17H2,1-2H3,(H,25,26)/t23-/m0/s1. The van der Waals surface area contributed by atoms with Crippen molar-refractivity contribution in [2.24, 2.45) is 0 Å². The minimum Gasteiger partial charge on any atom is -0.497 e. The van der Waals surface area contributed by atoms with Crippen LogP contribution in [0.1, 0.15) is 18.9 Å². The number of anilines is 1. The van der Waals surface area contributed by atoms with E-state index in [4.69, 9.17) is 14.2 Å². The molecule has 1 atom stereocenters. The van der Waals surface area contributed by atoms with E-state index in [1.807, 2.05) is 73.7 Å². The largest absolute Gasteiger partial charge is 0.497 e. The first-order valence-electron chi connectivity index (χ1n) is 9.56. The Labute approximate surface area is 171 Å². The van der Waals surface area contributed by atoms with Crippen LogP contribution in [0.2, 0.25) is 0 Å². The van der Waals surface area contributed by atoms with Crippen LogP contribution in [0.4, 0.5) is 5.69 Å². The SMILES string of the molecule is CC[C@H](Oc1cccc(OC)c1)C(=O)Nc1ccc(OCc2ccccc2)cc1. The Morgan fingerprint density at radius 2 is 1.62 bits per heavy atom. The summed E-state index contributed by atoms with van der Waals surface area (Å²) in [5.41, 5.74) is 1.79. The zero-order valence-corrected chi connectivity index (χ0v) is 16.6. The Morgan fingerprint density at radius 1 is 0.897 bits per heavy atom. The fourth-order valence-corrected chi connectivity index (χ4v) is 2.76. The number of carbonyl (C=O) groups excluding carboxylic acids is 1. The van der Waals surface area contributed by atoms with Crippen molar-refractivity contribution in [3.8, 4) is 17.2 Å². The number of rotatable bonds is 9. The molecule has 0 radical (unpaired) electrons. The van der Waals surface area contributed by atoms with E-state index in [1.54, 1.807) is 19.2 Å². The molecule has 0 aliphatic rings. The van der Waals surface area contributed by atoms with Gasteiger partial charge in [-0.05, 0) is 48.4 Å². The molecular formula is C24H25NO4. The molecule has 0 aliphatic carbocycles. The van der Waals surface area contributed by atoms with Crippen molar-refractivity contribution in [2.75, 3.05) is 12.4 Å². The molecule has 3 aromatic rings. The highest BCUT2D eigenvalue weighted by molar-refractivity contribution is 5.94. The van der Waals surface area contributed by atoms with Gasteiger partial charge in [-0.1, -0.05) is 43.3 Å². The number of hydrogen-bond acceptors (Lipinski definition) is 4. The number of ether oxygens (including phenoxy) is 3. The molecule has 3 aromatic carbocycles. The van der Waals surface area contributed by atoms with Crippen LogP contribution >= 0.6 is 0 Å². The predicted molar refractivity (Wildman–Crippen MR) is 114 cm³/mol. The Bertz CT molecular complexity index is 910. The summed E-state index contributed by atoms with van der Waals surface area (Å²) in [5.74, 6) is 1.82. The molecule has 3 rings (SSSR count). The van der Waals surface area contributed by atoms with Crippen molar-refractivity contribution in [3.05, 3.63) is 84.4 Å². The lowest BCUT2D eigenvalue weighted by Gasteiger charge is -2.18. The monoisotopic (exact) mass is 391 g/mol. The van der Waals surface area contributed by atoms with Gasteiger partial charge >= 0.3 is 0 Å². The molecule has 0 unspecified atom stereocenters. The molecule has 0 aromatic heterocycles. The third-order valence-corrected chi connectivity index (χ3v) is 4.35. The van der Waals surface area contributed by atoms with Gasteiger partial charge in [0, 0.05) is 11.8 Å². The summed E-state index contributed by atoms with van der Waals surface area (Å²) in [6, 6.07) is 24.5. The van der Waals surface area contributed by atoms with Crippen LogP contribution in [0.25, 0.3) is 0 Å². The molecule has 1 N–H and O–H groups in total. The van der Waals surface area contributed by atoms with Crippen molar-refractivity contribution in [2.45, 2.75) is 26.1 Å². The van der Waals surface area contributed by atoms with Crippen LogP contribution < -0.4 is 19.5 Å². The lowest BCUT2D eigenvalue weighted by Crippen LogP contribution is -2.32. The van der Waals surface area contributed by atoms with E-state index in [0.717, 1.165) is 11.3 Å². The lowest BCUT2D eigenvalue weighted by atomic mass is 10.2. The summed E-state index contributed by atoms with van der Waals surface area (Å²) < 4.78 is 16.8. The van der Waals surface area contributed by atoms with Gasteiger partial charge in [0.05, 0.1) is 7.11 Å². The molecule has 150 valence electrons. The van der Waals surface area contributed by atoms with Crippen LogP contribution in [0.3, 0.4) is 0 Å². The second-order valence-corrected chi connectivity index (χ2v) is 6.48. The van der Waals surface area contributed by atoms with Crippen LogP contribution in [-0.2, 0) is 11.4 Å². The van der Waals surface area contributed by atoms with Crippen molar-refractivity contribution in [3.63, 3.8) is 0 Å². The highest BCUT2D eigenvalue weighted by atomic mass is 16.5. The van der Waals surface area contributed by atoms with Crippen molar-refractivity contribution >= 4 is 11.6 Å². The molecule has 5 heteroatoms. The molecule has 5 nitrogen and oxygen atoms in total. The molecule has 0 spiro atoms. The molecule has 29 heavy (non-hydrogen) atoms. The molecule has 0 saturated carbocycles. The predicted octanol–water partition coefficient (Wildman–Crippen LogP) is 5.07. The quantitative estimate of drug-likeness (QED) is 0.553. The average molecular weight is 391 g/mol. The Hall–Kier alpha value is -3.47. The van der Waals surface area contributed by atoms with Gasteiger partial charge in [0.15, 0.2) is 6.10 Å². The Balaban J connectivity index is 1.55. The van der Waals surface area contributed by atoms with Gasteiger partial charge in [-0.3, -0.25) is 4.79 Å². The van der Waals surface area contributed by atoms with E-state index in [1.165, 1.54) is 0 Å². The van der Waals surface area contributed by atoms with Crippen LogP contribution in [0.15, 0.2) is 78.9 Å². The zero-order valence-electron chi connectivity index (χ0n) is 16.6. The van der Waals surface area contributed by atoms with Crippen molar-refractivity contribution < 1.29 is 19.0 Å². The maximum Gasteiger partial charge on any atom is 0.265 e. The van der Waals surface area contributed by atoms with E-state index >= 15 is 0 Å². The third-order valence-electron chi connectivity index (χ3n) is 4.35. The maximum absolute atomic E-state index is 12.6. The topological polar surface area (TPSA) is 56.8 Å². The average Bonchev–Trinajstić information content (AvgIpc) is 2.77. The number of methoxy groups -OCH3 is 1. The number of carbonyl (C=O) groups is 1. The molecule has 1 amide bonds. The summed E-state index contributed by atoms with van der Waals surface area (Å²) in [7, 11) is 1.59. The van der Waals surface area contributed by atoms with E-state index in [-0.39, 0.29) is 5.91 Å². The number of nitrogens with one attached hydrogen (secondary N) is 1. The summed E-state index contributed by atoms with van der Waals surface area (Å²) in [5, 5.41) is 2.89. The van der Waals surface area contributed by atoms with Gasteiger partial charge in [0.25, 0.3) is 5.91 Å². The summed E-state index contributed by atoms with van der Waals surface area (Å²) in [6.07, 6.45) is -0.0579. The zero-order chi connectivity index (χ0) is 20.5. The Kier molecular flexibility index (Phi) is 7.11. The molecule has 0 fully saturated rings. The second kappa shape index (κ2) is 10.2. The van der Waals surface area contributed by atoms with Gasteiger partial charge in [0.2, 0.25) is 0 Å². The smallest absolute Gasteiger partial charge is 0.265 e. The maximum atomic E-state index is 12.6. The number of benzene rings is 3. The van der Waals surface area contributed by atoms with Crippen molar-refractivity contribution in [1.82, 2.24) is 0 Å². The lowest BCUT2D eigenvalue weighted by molar-refractivity contribution is -0.122. The van der Waals surface area contributed by atoms with Gasteiger partial charge in [-0.15, -0.1) is 0 Å². The van der Waals surface area contributed by atoms with Crippen molar-refractivity contribution in [1.29, 1.82) is 0 Å². The first-order valence-corrected chi connectivity index (χ1v) is 9.56. The van der Waals surface area contributed by atoms with E-state index in [2.05, 4.69) is 5.32 Å². The summed E-state index contributed by atoms with van der Waals surface area (Å²) >= 11 is 0. The Morgan fingerprint density at radius 3 is 2.31 bits per heavy atom. The summed E-state index contributed by atoms with van der Waals surface area (Å²) in [6.45, 7) is 2.41. The molecular weight excluding hydrogens is 366 g/mol. The first-order chi connectivity index (χ1) is 14.2. The van der Waals surface area contributed by atoms with E-state index < -0.39 is 6.10 Å². The van der Waals surface area contributed by atoms with Gasteiger partial charge in [-0.2, -0.15) is 0 Å². The van der Waals surface area contributed by atoms with E-state index in [9.17, 15) is 4.79 Å².